The highest BCUT2D eigenvalue weighted by atomic mass is 35.5. The molecular weight excluding hydrogens is 516 g/mol. The maximum absolute atomic E-state index is 13.8. The lowest BCUT2D eigenvalue weighted by Crippen LogP contribution is -2.46. The molecule has 2 N–H and O–H groups in total. The van der Waals surface area contributed by atoms with E-state index < -0.39 is 6.04 Å². The van der Waals surface area contributed by atoms with Crippen LogP contribution in [0.3, 0.4) is 0 Å². The highest BCUT2D eigenvalue weighted by molar-refractivity contribution is 6.31. The standard InChI is InChI=1S/C29H25ClN6O3/c1-17-11-19(6-8-22(17)27(37)35-26-15-32-18(2)14-33-26)16-36-25(13-21-5-3-4-10-31-21)28(38)34-24-12-20(30)7-9-23(24)29(36)39/h3-12,14-15,25H,13,16H2,1-2H3,(H,34,38)(H,33,35,37)/t25-/m1/s1. The smallest absolute Gasteiger partial charge is 0.257 e. The van der Waals surface area contributed by atoms with E-state index in [0.29, 0.717) is 38.9 Å². The van der Waals surface area contributed by atoms with Crippen molar-refractivity contribution in [1.82, 2.24) is 19.9 Å². The van der Waals surface area contributed by atoms with Gasteiger partial charge >= 0.3 is 0 Å². The average Bonchev–Trinajstić information content (AvgIpc) is 3.00. The van der Waals surface area contributed by atoms with E-state index in [9.17, 15) is 14.4 Å². The number of anilines is 2. The van der Waals surface area contributed by atoms with Crippen molar-refractivity contribution >= 4 is 40.8 Å². The van der Waals surface area contributed by atoms with Gasteiger partial charge in [-0.1, -0.05) is 29.8 Å². The number of pyridine rings is 1. The fraction of sp³-hybridized carbons (Fsp3) is 0.172. The summed E-state index contributed by atoms with van der Waals surface area (Å²) in [5, 5.41) is 6.03. The molecule has 1 aliphatic heterocycles. The molecule has 0 bridgehead atoms. The molecule has 0 saturated heterocycles. The van der Waals surface area contributed by atoms with Gasteiger partial charge in [0.05, 0.1) is 29.3 Å². The molecule has 3 heterocycles. The van der Waals surface area contributed by atoms with Crippen LogP contribution in [0, 0.1) is 13.8 Å². The van der Waals surface area contributed by atoms with Gasteiger partial charge in [0.1, 0.15) is 6.04 Å². The Morgan fingerprint density at radius 3 is 2.59 bits per heavy atom. The molecule has 1 atom stereocenters. The summed E-state index contributed by atoms with van der Waals surface area (Å²) >= 11 is 6.15. The molecule has 1 aliphatic rings. The molecule has 9 nitrogen and oxygen atoms in total. The first-order chi connectivity index (χ1) is 18.8. The van der Waals surface area contributed by atoms with Crippen LogP contribution >= 0.6 is 11.6 Å². The number of carbonyl (C=O) groups is 3. The second kappa shape index (κ2) is 11.0. The van der Waals surface area contributed by atoms with Gasteiger partial charge in [0.25, 0.3) is 11.8 Å². The molecule has 0 unspecified atom stereocenters. The van der Waals surface area contributed by atoms with Gasteiger partial charge in [-0.3, -0.25) is 24.4 Å². The molecule has 5 rings (SSSR count). The predicted octanol–water partition coefficient (Wildman–Crippen LogP) is 4.60. The Balaban J connectivity index is 1.44. The third-order valence-corrected chi connectivity index (χ3v) is 6.68. The molecule has 4 aromatic rings. The Bertz CT molecular complexity index is 1560. The fourth-order valence-electron chi connectivity index (χ4n) is 4.48. The number of hydrogen-bond donors (Lipinski definition) is 2. The van der Waals surface area contributed by atoms with E-state index in [1.165, 1.54) is 6.20 Å². The summed E-state index contributed by atoms with van der Waals surface area (Å²) in [6.45, 7) is 3.78. The maximum Gasteiger partial charge on any atom is 0.257 e. The largest absolute Gasteiger partial charge is 0.323 e. The van der Waals surface area contributed by atoms with Crippen molar-refractivity contribution in [2.45, 2.75) is 32.9 Å². The lowest BCUT2D eigenvalue weighted by Gasteiger charge is -2.29. The van der Waals surface area contributed by atoms with Crippen LogP contribution in [-0.4, -0.2) is 43.6 Å². The van der Waals surface area contributed by atoms with Gasteiger partial charge in [0.2, 0.25) is 5.91 Å². The van der Waals surface area contributed by atoms with Gasteiger partial charge in [-0.15, -0.1) is 0 Å². The summed E-state index contributed by atoms with van der Waals surface area (Å²) in [4.78, 5) is 54.3. The minimum atomic E-state index is -0.818. The van der Waals surface area contributed by atoms with Gasteiger partial charge in [-0.25, -0.2) is 4.98 Å². The van der Waals surface area contributed by atoms with Crippen molar-refractivity contribution in [1.29, 1.82) is 0 Å². The topological polar surface area (TPSA) is 117 Å². The highest BCUT2D eigenvalue weighted by Crippen LogP contribution is 2.29. The summed E-state index contributed by atoms with van der Waals surface area (Å²) in [7, 11) is 0. The van der Waals surface area contributed by atoms with Crippen molar-refractivity contribution in [3.8, 4) is 0 Å². The van der Waals surface area contributed by atoms with Gasteiger partial charge < -0.3 is 15.5 Å². The number of aryl methyl sites for hydroxylation is 2. The number of hydrogen-bond acceptors (Lipinski definition) is 6. The Labute approximate surface area is 230 Å². The molecule has 3 amide bonds. The lowest BCUT2D eigenvalue weighted by molar-refractivity contribution is -0.120. The molecule has 0 saturated carbocycles. The van der Waals surface area contributed by atoms with Crippen molar-refractivity contribution in [3.05, 3.63) is 112 Å². The summed E-state index contributed by atoms with van der Waals surface area (Å²) in [6, 6.07) is 14.8. The molecule has 0 radical (unpaired) electrons. The van der Waals surface area contributed by atoms with Gasteiger partial charge in [0.15, 0.2) is 5.82 Å². The van der Waals surface area contributed by atoms with E-state index in [2.05, 4.69) is 25.6 Å². The Kier molecular flexibility index (Phi) is 7.33. The minimum absolute atomic E-state index is 0.151. The molecule has 0 fully saturated rings. The van der Waals surface area contributed by atoms with Crippen molar-refractivity contribution < 1.29 is 14.4 Å². The monoisotopic (exact) mass is 540 g/mol. The normalized spacial score (nSPS) is 14.8. The van der Waals surface area contributed by atoms with E-state index in [4.69, 9.17) is 11.6 Å². The molecule has 2 aromatic carbocycles. The summed E-state index contributed by atoms with van der Waals surface area (Å²) < 4.78 is 0. The van der Waals surface area contributed by atoms with Crippen LogP contribution in [0.25, 0.3) is 0 Å². The van der Waals surface area contributed by atoms with Crippen LogP contribution in [0.15, 0.2) is 73.2 Å². The van der Waals surface area contributed by atoms with Crippen LogP contribution < -0.4 is 10.6 Å². The zero-order chi connectivity index (χ0) is 27.5. The average molecular weight is 541 g/mol. The third-order valence-electron chi connectivity index (χ3n) is 6.45. The minimum Gasteiger partial charge on any atom is -0.323 e. The molecule has 2 aromatic heterocycles. The second-order valence-electron chi connectivity index (χ2n) is 9.30. The number of carbonyl (C=O) groups excluding carboxylic acids is 3. The SMILES string of the molecule is Cc1cnc(NC(=O)c2ccc(CN3C(=O)c4ccc(Cl)cc4NC(=O)[C@H]3Cc3ccccn3)cc2C)cn1. The lowest BCUT2D eigenvalue weighted by atomic mass is 10.0. The van der Waals surface area contributed by atoms with Crippen LogP contribution in [0.4, 0.5) is 11.5 Å². The Morgan fingerprint density at radius 1 is 1.03 bits per heavy atom. The molecular formula is C29H25ClN6O3. The number of halogens is 1. The van der Waals surface area contributed by atoms with E-state index in [0.717, 1.165) is 11.3 Å². The van der Waals surface area contributed by atoms with Gasteiger partial charge in [0, 0.05) is 35.4 Å². The van der Waals surface area contributed by atoms with Crippen LogP contribution in [0.1, 0.15) is 43.2 Å². The fourth-order valence-corrected chi connectivity index (χ4v) is 4.65. The molecule has 0 spiro atoms. The number of rotatable bonds is 6. The van der Waals surface area contributed by atoms with Crippen molar-refractivity contribution in [2.24, 2.45) is 0 Å². The third kappa shape index (κ3) is 5.78. The van der Waals surface area contributed by atoms with Crippen LogP contribution in [0.2, 0.25) is 5.02 Å². The van der Waals surface area contributed by atoms with Crippen LogP contribution in [-0.2, 0) is 17.8 Å². The number of fused-ring (bicyclic) bond motifs is 1. The first-order valence-electron chi connectivity index (χ1n) is 12.3. The van der Waals surface area contributed by atoms with E-state index in [1.807, 2.05) is 32.0 Å². The van der Waals surface area contributed by atoms with Gasteiger partial charge in [-0.05, 0) is 61.4 Å². The predicted molar refractivity (Wildman–Crippen MR) is 148 cm³/mol. The summed E-state index contributed by atoms with van der Waals surface area (Å²) in [5.41, 5.74) is 4.09. The molecule has 0 aliphatic carbocycles. The summed E-state index contributed by atoms with van der Waals surface area (Å²) in [5.74, 6) is -0.604. The second-order valence-corrected chi connectivity index (χ2v) is 9.74. The number of aromatic nitrogens is 3. The van der Waals surface area contributed by atoms with E-state index in [1.54, 1.807) is 53.7 Å². The van der Waals surface area contributed by atoms with Crippen molar-refractivity contribution in [3.63, 3.8) is 0 Å². The van der Waals surface area contributed by atoms with E-state index in [-0.39, 0.29) is 30.7 Å². The van der Waals surface area contributed by atoms with Gasteiger partial charge in [-0.2, -0.15) is 0 Å². The number of benzene rings is 2. The zero-order valence-corrected chi connectivity index (χ0v) is 22.1. The number of nitrogens with zero attached hydrogens (tertiary/aromatic N) is 4. The summed E-state index contributed by atoms with van der Waals surface area (Å²) in [6.07, 6.45) is 4.96. The maximum atomic E-state index is 13.8. The first kappa shape index (κ1) is 26.0. The molecule has 10 heteroatoms. The number of amides is 3. The Morgan fingerprint density at radius 2 is 1.87 bits per heavy atom. The number of nitrogens with one attached hydrogen (secondary N) is 2. The zero-order valence-electron chi connectivity index (χ0n) is 21.3. The van der Waals surface area contributed by atoms with E-state index >= 15 is 0 Å². The first-order valence-corrected chi connectivity index (χ1v) is 12.7. The van der Waals surface area contributed by atoms with Crippen molar-refractivity contribution in [2.75, 3.05) is 10.6 Å². The Hall–Kier alpha value is -4.63. The quantitative estimate of drug-likeness (QED) is 0.369. The molecule has 196 valence electrons. The highest BCUT2D eigenvalue weighted by Gasteiger charge is 2.36. The van der Waals surface area contributed by atoms with Crippen LogP contribution in [0.5, 0.6) is 0 Å². The molecule has 39 heavy (non-hydrogen) atoms.